The second-order valence-electron chi connectivity index (χ2n) is 7.82. The monoisotopic (exact) mass is 394 g/mol. The van der Waals surface area contributed by atoms with Gasteiger partial charge in [-0.1, -0.05) is 23.9 Å². The topological polar surface area (TPSA) is 66.3 Å². The zero-order valence-electron chi connectivity index (χ0n) is 17.1. The molecule has 0 aromatic heterocycles. The number of Topliss-reactive ketones (excluding diaryl/α,β-unsaturated/α-hetero) is 1. The van der Waals surface area contributed by atoms with E-state index in [1.807, 2.05) is 24.3 Å². The van der Waals surface area contributed by atoms with Crippen molar-refractivity contribution in [2.75, 3.05) is 40.3 Å². The van der Waals surface area contributed by atoms with E-state index >= 15 is 0 Å². The Morgan fingerprint density at radius 1 is 1.24 bits per heavy atom. The van der Waals surface area contributed by atoms with E-state index in [4.69, 9.17) is 9.47 Å². The molecule has 2 aromatic rings. The molecule has 29 heavy (non-hydrogen) atoms. The number of likely N-dealkylation sites (N-methyl/N-ethyl adjacent to an activating group) is 1. The number of methoxy groups -OCH3 is 1. The molecule has 0 aliphatic carbocycles. The lowest BCUT2D eigenvalue weighted by Crippen LogP contribution is -3.13. The first-order valence-electron chi connectivity index (χ1n) is 9.90. The Morgan fingerprint density at radius 3 is 2.59 bits per heavy atom. The highest BCUT2D eigenvalue weighted by Gasteiger charge is 2.33. The zero-order valence-corrected chi connectivity index (χ0v) is 17.1. The molecule has 2 aliphatic rings. The Hall–Kier alpha value is -2.83. The molecule has 152 valence electrons. The second-order valence-corrected chi connectivity index (χ2v) is 7.82. The van der Waals surface area contributed by atoms with E-state index in [9.17, 15) is 9.90 Å². The van der Waals surface area contributed by atoms with Gasteiger partial charge in [-0.3, -0.25) is 9.69 Å². The predicted molar refractivity (Wildman–Crippen MR) is 108 cm³/mol. The van der Waals surface area contributed by atoms with Crippen molar-refractivity contribution in [2.45, 2.75) is 13.5 Å². The van der Waals surface area contributed by atoms with Crippen LogP contribution in [0.5, 0.6) is 17.2 Å². The van der Waals surface area contributed by atoms with E-state index in [0.29, 0.717) is 29.0 Å². The average molecular weight is 394 g/mol. The smallest absolute Gasteiger partial charge is 0.232 e. The molecule has 6 heteroatoms. The molecule has 0 radical (unpaired) electrons. The summed E-state index contributed by atoms with van der Waals surface area (Å²) in [6.07, 6.45) is 1.72. The average Bonchev–Trinajstić information content (AvgIpc) is 3.03. The quantitative estimate of drug-likeness (QED) is 0.785. The fourth-order valence-electron chi connectivity index (χ4n) is 3.95. The van der Waals surface area contributed by atoms with Crippen LogP contribution in [0.2, 0.25) is 0 Å². The number of allylic oxidation sites excluding steroid dienone is 1. The molecule has 1 saturated heterocycles. The number of nitrogens with zero attached hydrogens (tertiary/aromatic N) is 1. The molecule has 0 amide bonds. The van der Waals surface area contributed by atoms with Gasteiger partial charge in [0.2, 0.25) is 5.78 Å². The highest BCUT2D eigenvalue weighted by Crippen LogP contribution is 2.40. The maximum atomic E-state index is 13.0. The molecule has 2 aromatic carbocycles. The lowest BCUT2D eigenvalue weighted by molar-refractivity contribution is -0.918. The molecule has 0 saturated carbocycles. The third-order valence-corrected chi connectivity index (χ3v) is 5.74. The Labute approximate surface area is 171 Å². The number of carbonyl (C=O) groups is 1. The number of hydrogen-bond donors (Lipinski definition) is 1. The summed E-state index contributed by atoms with van der Waals surface area (Å²) in [7, 11) is 3.72. The number of carbonyl (C=O) groups excluding carboxylic acids is 1. The van der Waals surface area contributed by atoms with E-state index in [2.05, 4.69) is 11.9 Å². The lowest BCUT2D eigenvalue weighted by atomic mass is 9.99. The first kappa shape index (κ1) is 19.5. The fraction of sp³-hybridized carbons (Fsp3) is 0.348. The summed E-state index contributed by atoms with van der Waals surface area (Å²) in [5.41, 5.74) is 2.64. The Kier molecular flexibility index (Phi) is 5.30. The molecule has 6 nitrogen and oxygen atoms in total. The third kappa shape index (κ3) is 3.86. The number of hydrogen-bond acceptors (Lipinski definition) is 5. The first-order chi connectivity index (χ1) is 14.0. The minimum Gasteiger partial charge on any atom is -0.872 e. The van der Waals surface area contributed by atoms with E-state index in [1.165, 1.54) is 4.90 Å². The summed E-state index contributed by atoms with van der Waals surface area (Å²) in [5.74, 6) is 1.24. The van der Waals surface area contributed by atoms with Crippen molar-refractivity contribution >= 4 is 11.9 Å². The van der Waals surface area contributed by atoms with Gasteiger partial charge in [0.15, 0.2) is 5.76 Å². The van der Waals surface area contributed by atoms with Crippen LogP contribution in [0.3, 0.4) is 0 Å². The number of ether oxygens (including phenoxy) is 2. The highest BCUT2D eigenvalue weighted by atomic mass is 16.5. The summed E-state index contributed by atoms with van der Waals surface area (Å²) in [4.78, 5) is 16.6. The van der Waals surface area contributed by atoms with Crippen LogP contribution in [0.25, 0.3) is 6.08 Å². The van der Waals surface area contributed by atoms with Gasteiger partial charge in [0.05, 0.1) is 25.8 Å². The molecule has 0 bridgehead atoms. The summed E-state index contributed by atoms with van der Waals surface area (Å²) in [5, 5.41) is 12.7. The summed E-state index contributed by atoms with van der Waals surface area (Å²) in [6.45, 7) is 6.32. The van der Waals surface area contributed by atoms with Crippen molar-refractivity contribution in [3.63, 3.8) is 0 Å². The highest BCUT2D eigenvalue weighted by molar-refractivity contribution is 6.15. The number of piperazine rings is 1. The van der Waals surface area contributed by atoms with Crippen molar-refractivity contribution in [1.82, 2.24) is 4.90 Å². The van der Waals surface area contributed by atoms with Crippen LogP contribution in [0.15, 0.2) is 36.1 Å². The van der Waals surface area contributed by atoms with Crippen LogP contribution in [-0.2, 0) is 6.54 Å². The fourth-order valence-corrected chi connectivity index (χ4v) is 3.95. The van der Waals surface area contributed by atoms with Gasteiger partial charge in [-0.25, -0.2) is 0 Å². The lowest BCUT2D eigenvalue weighted by Gasteiger charge is -2.31. The molecule has 4 rings (SSSR count). The molecular weight excluding hydrogens is 368 g/mol. The van der Waals surface area contributed by atoms with Gasteiger partial charge in [0.1, 0.15) is 18.0 Å². The van der Waals surface area contributed by atoms with E-state index < -0.39 is 0 Å². The van der Waals surface area contributed by atoms with Gasteiger partial charge < -0.3 is 19.5 Å². The Bertz CT molecular complexity index is 958. The van der Waals surface area contributed by atoms with Gasteiger partial charge in [-0.15, -0.1) is 0 Å². The molecule has 0 atom stereocenters. The van der Waals surface area contributed by atoms with Crippen LogP contribution >= 0.6 is 0 Å². The molecule has 0 unspecified atom stereocenters. The third-order valence-electron chi connectivity index (χ3n) is 5.74. The molecule has 1 N–H and O–H groups in total. The molecule has 1 fully saturated rings. The van der Waals surface area contributed by atoms with E-state index in [1.54, 1.807) is 26.2 Å². The van der Waals surface area contributed by atoms with Gasteiger partial charge in [0.25, 0.3) is 0 Å². The van der Waals surface area contributed by atoms with Crippen LogP contribution in [0.1, 0.15) is 27.0 Å². The maximum absolute atomic E-state index is 13.0. The number of fused-ring (bicyclic) bond motifs is 1. The first-order valence-corrected chi connectivity index (χ1v) is 9.90. The molecule has 2 aliphatic heterocycles. The number of benzene rings is 2. The molecule has 0 spiro atoms. The van der Waals surface area contributed by atoms with Gasteiger partial charge in [-0.05, 0) is 43.3 Å². The minimum atomic E-state index is -0.164. The van der Waals surface area contributed by atoms with E-state index in [0.717, 1.165) is 37.5 Å². The Balaban J connectivity index is 1.64. The van der Waals surface area contributed by atoms with Crippen LogP contribution in [0, 0.1) is 6.92 Å². The van der Waals surface area contributed by atoms with E-state index in [-0.39, 0.29) is 17.3 Å². The predicted octanol–water partition coefficient (Wildman–Crippen LogP) is 1.02. The van der Waals surface area contributed by atoms with Gasteiger partial charge >= 0.3 is 0 Å². The van der Waals surface area contributed by atoms with Gasteiger partial charge in [-0.2, -0.15) is 0 Å². The number of aryl methyl sites for hydroxylation is 1. The zero-order chi connectivity index (χ0) is 20.5. The van der Waals surface area contributed by atoms with Gasteiger partial charge in [0, 0.05) is 18.7 Å². The maximum Gasteiger partial charge on any atom is 0.232 e. The van der Waals surface area contributed by atoms with Crippen molar-refractivity contribution in [1.29, 1.82) is 0 Å². The van der Waals surface area contributed by atoms with Crippen LogP contribution in [0.4, 0.5) is 0 Å². The molecule has 2 heterocycles. The summed E-state index contributed by atoms with van der Waals surface area (Å²) >= 11 is 0. The second kappa shape index (κ2) is 7.89. The standard InChI is InChI=1S/C23H26N2O4/c1-15-12-19(26)18(14-25-10-8-24(2)9-11-25)23-21(15)22(27)20(29-23)13-16-4-6-17(28-3)7-5-16/h4-7,12-13,26H,8-11,14H2,1-3H3. The number of rotatable bonds is 4. The van der Waals surface area contributed by atoms with Crippen LogP contribution in [-0.4, -0.2) is 51.0 Å². The molecular formula is C23H26N2O4. The Morgan fingerprint density at radius 2 is 1.93 bits per heavy atom. The van der Waals surface area contributed by atoms with Crippen molar-refractivity contribution in [3.8, 4) is 17.2 Å². The van der Waals surface area contributed by atoms with Crippen molar-refractivity contribution < 1.29 is 24.3 Å². The van der Waals surface area contributed by atoms with Crippen molar-refractivity contribution in [3.05, 3.63) is 58.3 Å². The van der Waals surface area contributed by atoms with Crippen molar-refractivity contribution in [2.24, 2.45) is 0 Å². The SMILES string of the molecule is COc1ccc(C=C2Oc3c(C[NH+]4CCN(C)CC4)c([O-])cc(C)c3C2=O)cc1. The number of ketones is 1. The minimum absolute atomic E-state index is 0.0498. The van der Waals surface area contributed by atoms with Crippen LogP contribution < -0.4 is 19.5 Å². The normalized spacial score (nSPS) is 18.7. The largest absolute Gasteiger partial charge is 0.872 e. The summed E-state index contributed by atoms with van der Waals surface area (Å²) in [6, 6.07) is 8.98. The number of quaternary nitrogens is 1. The summed E-state index contributed by atoms with van der Waals surface area (Å²) < 4.78 is 11.2. The number of nitrogens with one attached hydrogen (secondary N) is 1.